The van der Waals surface area contributed by atoms with E-state index in [1.165, 1.54) is 10.8 Å². The van der Waals surface area contributed by atoms with Gasteiger partial charge in [-0.2, -0.15) is 0 Å². The zero-order chi connectivity index (χ0) is 15.5. The lowest BCUT2D eigenvalue weighted by atomic mass is 9.91. The summed E-state index contributed by atoms with van der Waals surface area (Å²) in [5, 5.41) is 2.38. The van der Waals surface area contributed by atoms with E-state index >= 15 is 0 Å². The minimum absolute atomic E-state index is 0.0590. The molecule has 2 heteroatoms. The highest BCUT2D eigenvalue weighted by molar-refractivity contribution is 5.83. The Morgan fingerprint density at radius 2 is 1.81 bits per heavy atom. The number of ether oxygens (including phenoxy) is 1. The molecule has 0 saturated heterocycles. The molecule has 0 amide bonds. The van der Waals surface area contributed by atoms with Crippen LogP contribution in [0.4, 0.5) is 0 Å². The van der Waals surface area contributed by atoms with Crippen molar-refractivity contribution in [2.45, 2.75) is 46.1 Å². The standard InChI is InChI=1S/C19H24O2/c1-5-14(3)18(20)21-19(4,6-2)17-12-11-15-9-7-8-10-16(15)13-17/h7-14H,5-6H2,1-4H3. The molecule has 2 rings (SSSR count). The number of hydrogen-bond donors (Lipinski definition) is 0. The zero-order valence-electron chi connectivity index (χ0n) is 13.3. The summed E-state index contributed by atoms with van der Waals surface area (Å²) < 4.78 is 5.84. The molecule has 0 radical (unpaired) electrons. The minimum Gasteiger partial charge on any atom is -0.454 e. The third-order valence-corrected chi connectivity index (χ3v) is 4.38. The lowest BCUT2D eigenvalue weighted by molar-refractivity contribution is -0.164. The van der Waals surface area contributed by atoms with Crippen LogP contribution >= 0.6 is 0 Å². The van der Waals surface area contributed by atoms with E-state index in [0.29, 0.717) is 0 Å². The molecule has 0 heterocycles. The first kappa shape index (κ1) is 15.6. The Labute approximate surface area is 127 Å². The average molecular weight is 284 g/mol. The summed E-state index contributed by atoms with van der Waals surface area (Å²) in [6, 6.07) is 14.5. The van der Waals surface area contributed by atoms with E-state index in [-0.39, 0.29) is 11.9 Å². The van der Waals surface area contributed by atoms with Gasteiger partial charge in [-0.25, -0.2) is 0 Å². The lowest BCUT2D eigenvalue weighted by Crippen LogP contribution is -2.31. The Balaban J connectivity index is 2.35. The molecule has 2 aromatic rings. The molecule has 0 aliphatic heterocycles. The van der Waals surface area contributed by atoms with Crippen LogP contribution in [0.15, 0.2) is 42.5 Å². The second-order valence-corrected chi connectivity index (χ2v) is 5.88. The highest BCUT2D eigenvalue weighted by Gasteiger charge is 2.30. The van der Waals surface area contributed by atoms with Crippen LogP contribution in [0.25, 0.3) is 10.8 Å². The smallest absolute Gasteiger partial charge is 0.309 e. The van der Waals surface area contributed by atoms with E-state index in [1.54, 1.807) is 0 Å². The fourth-order valence-electron chi connectivity index (χ4n) is 2.34. The molecule has 0 bridgehead atoms. The Hall–Kier alpha value is -1.83. The van der Waals surface area contributed by atoms with Crippen molar-refractivity contribution >= 4 is 16.7 Å². The molecule has 2 nitrogen and oxygen atoms in total. The molecule has 2 aromatic carbocycles. The summed E-state index contributed by atoms with van der Waals surface area (Å²) in [6.07, 6.45) is 1.56. The predicted molar refractivity (Wildman–Crippen MR) is 87.1 cm³/mol. The second-order valence-electron chi connectivity index (χ2n) is 5.88. The van der Waals surface area contributed by atoms with Gasteiger partial charge < -0.3 is 4.74 Å². The molecule has 0 N–H and O–H groups in total. The maximum atomic E-state index is 12.2. The summed E-state index contributed by atoms with van der Waals surface area (Å²) in [7, 11) is 0. The van der Waals surface area contributed by atoms with Gasteiger partial charge in [0, 0.05) is 0 Å². The molecule has 0 aliphatic rings. The molecular weight excluding hydrogens is 260 g/mol. The maximum Gasteiger partial charge on any atom is 0.309 e. The number of rotatable bonds is 5. The van der Waals surface area contributed by atoms with Crippen molar-refractivity contribution in [2.24, 2.45) is 5.92 Å². The molecule has 112 valence electrons. The molecule has 21 heavy (non-hydrogen) atoms. The third kappa shape index (κ3) is 3.26. The molecule has 0 aromatic heterocycles. The van der Waals surface area contributed by atoms with Crippen molar-refractivity contribution in [2.75, 3.05) is 0 Å². The maximum absolute atomic E-state index is 12.2. The van der Waals surface area contributed by atoms with Crippen molar-refractivity contribution < 1.29 is 9.53 Å². The number of hydrogen-bond acceptors (Lipinski definition) is 2. The van der Waals surface area contributed by atoms with Gasteiger partial charge in [0.05, 0.1) is 5.92 Å². The van der Waals surface area contributed by atoms with E-state index in [9.17, 15) is 4.79 Å². The van der Waals surface area contributed by atoms with Crippen molar-refractivity contribution in [3.8, 4) is 0 Å². The van der Waals surface area contributed by atoms with Gasteiger partial charge in [-0.05, 0) is 42.2 Å². The summed E-state index contributed by atoms with van der Waals surface area (Å²) in [5.74, 6) is -0.175. The third-order valence-electron chi connectivity index (χ3n) is 4.38. The highest BCUT2D eigenvalue weighted by atomic mass is 16.6. The first-order valence-electron chi connectivity index (χ1n) is 7.72. The fourth-order valence-corrected chi connectivity index (χ4v) is 2.34. The van der Waals surface area contributed by atoms with Gasteiger partial charge in [-0.1, -0.05) is 57.2 Å². The Morgan fingerprint density at radius 3 is 2.43 bits per heavy atom. The number of carbonyl (C=O) groups excluding carboxylic acids is 1. The van der Waals surface area contributed by atoms with Crippen LogP contribution in [-0.4, -0.2) is 5.97 Å². The van der Waals surface area contributed by atoms with E-state index < -0.39 is 5.60 Å². The van der Waals surface area contributed by atoms with Crippen molar-refractivity contribution in [3.63, 3.8) is 0 Å². The molecular formula is C19H24O2. The van der Waals surface area contributed by atoms with Crippen molar-refractivity contribution in [3.05, 3.63) is 48.0 Å². The summed E-state index contributed by atoms with van der Waals surface area (Å²) in [4.78, 5) is 12.2. The van der Waals surface area contributed by atoms with Crippen LogP contribution < -0.4 is 0 Å². The van der Waals surface area contributed by atoms with E-state index in [4.69, 9.17) is 4.74 Å². The van der Waals surface area contributed by atoms with Gasteiger partial charge in [-0.15, -0.1) is 0 Å². The topological polar surface area (TPSA) is 26.3 Å². The van der Waals surface area contributed by atoms with E-state index in [2.05, 4.69) is 37.3 Å². The van der Waals surface area contributed by atoms with Gasteiger partial charge in [0.15, 0.2) is 0 Å². The number of carbonyl (C=O) groups is 1. The second kappa shape index (κ2) is 6.30. The predicted octanol–water partition coefficient (Wildman–Crippen LogP) is 5.05. The lowest BCUT2D eigenvalue weighted by Gasteiger charge is -2.30. The first-order chi connectivity index (χ1) is 10.00. The number of esters is 1. The monoisotopic (exact) mass is 284 g/mol. The van der Waals surface area contributed by atoms with Crippen LogP contribution in [0.2, 0.25) is 0 Å². The molecule has 0 spiro atoms. The van der Waals surface area contributed by atoms with Crippen LogP contribution in [0, 0.1) is 5.92 Å². The molecule has 2 atom stereocenters. The van der Waals surface area contributed by atoms with Gasteiger partial charge in [0.1, 0.15) is 5.60 Å². The molecule has 0 fully saturated rings. The quantitative estimate of drug-likeness (QED) is 0.718. The molecule has 0 saturated carbocycles. The molecule has 2 unspecified atom stereocenters. The summed E-state index contributed by atoms with van der Waals surface area (Å²) in [5.41, 5.74) is 0.491. The van der Waals surface area contributed by atoms with Crippen LogP contribution in [-0.2, 0) is 15.1 Å². The van der Waals surface area contributed by atoms with Crippen LogP contribution in [0.5, 0.6) is 0 Å². The van der Waals surface area contributed by atoms with Gasteiger partial charge in [-0.3, -0.25) is 4.79 Å². The van der Waals surface area contributed by atoms with E-state index in [1.807, 2.05) is 32.9 Å². The summed E-state index contributed by atoms with van der Waals surface area (Å²) in [6.45, 7) is 7.97. The fraction of sp³-hybridized carbons (Fsp3) is 0.421. The highest BCUT2D eigenvalue weighted by Crippen LogP contribution is 2.32. The normalized spacial score (nSPS) is 15.4. The van der Waals surface area contributed by atoms with Gasteiger partial charge in [0.2, 0.25) is 0 Å². The number of fused-ring (bicyclic) bond motifs is 1. The Bertz CT molecular complexity index is 632. The zero-order valence-corrected chi connectivity index (χ0v) is 13.3. The average Bonchev–Trinajstić information content (AvgIpc) is 2.53. The van der Waals surface area contributed by atoms with Crippen LogP contribution in [0.1, 0.15) is 46.1 Å². The molecule has 0 aliphatic carbocycles. The van der Waals surface area contributed by atoms with Crippen molar-refractivity contribution in [1.82, 2.24) is 0 Å². The largest absolute Gasteiger partial charge is 0.454 e. The Morgan fingerprint density at radius 1 is 1.14 bits per heavy atom. The van der Waals surface area contributed by atoms with E-state index in [0.717, 1.165) is 18.4 Å². The summed E-state index contributed by atoms with van der Waals surface area (Å²) >= 11 is 0. The van der Waals surface area contributed by atoms with Crippen LogP contribution in [0.3, 0.4) is 0 Å². The Kier molecular flexibility index (Phi) is 4.66. The van der Waals surface area contributed by atoms with Crippen molar-refractivity contribution in [1.29, 1.82) is 0 Å². The van der Waals surface area contributed by atoms with Gasteiger partial charge in [0.25, 0.3) is 0 Å². The minimum atomic E-state index is -0.565. The SMILES string of the molecule is CCC(C)C(=O)OC(C)(CC)c1ccc2ccccc2c1. The number of benzene rings is 2. The van der Waals surface area contributed by atoms with Gasteiger partial charge >= 0.3 is 5.97 Å². The first-order valence-corrected chi connectivity index (χ1v) is 7.72.